The second-order valence-electron chi connectivity index (χ2n) is 7.41. The smallest absolute Gasteiger partial charge is 0.266 e. The number of amides is 1. The van der Waals surface area contributed by atoms with Crippen LogP contribution in [0.15, 0.2) is 71.9 Å². The summed E-state index contributed by atoms with van der Waals surface area (Å²) >= 11 is 1.17. The summed E-state index contributed by atoms with van der Waals surface area (Å²) in [6.45, 7) is 1.93. The molecule has 5 aromatic rings. The lowest BCUT2D eigenvalue weighted by molar-refractivity contribution is 0.103. The number of anilines is 1. The molecule has 0 aliphatic heterocycles. The SMILES string of the molecule is Cc1c(C(=O)Nc2cnc3ccccc3c2)sc2ncn(Cc3cccc(F)c3)c(=O)c12. The van der Waals surface area contributed by atoms with Gasteiger partial charge in [-0.3, -0.25) is 19.1 Å². The van der Waals surface area contributed by atoms with Gasteiger partial charge in [-0.25, -0.2) is 9.37 Å². The molecule has 2 aromatic carbocycles. The summed E-state index contributed by atoms with van der Waals surface area (Å²) in [5, 5.41) is 4.18. The number of benzene rings is 2. The number of hydrogen-bond donors (Lipinski definition) is 1. The van der Waals surface area contributed by atoms with Crippen LogP contribution in [0.3, 0.4) is 0 Å². The molecular formula is C24H17FN4O2S. The van der Waals surface area contributed by atoms with E-state index in [-0.39, 0.29) is 23.8 Å². The Labute approximate surface area is 186 Å². The highest BCUT2D eigenvalue weighted by Crippen LogP contribution is 2.28. The first-order valence-electron chi connectivity index (χ1n) is 9.89. The molecule has 6 nitrogen and oxygen atoms in total. The van der Waals surface area contributed by atoms with Gasteiger partial charge < -0.3 is 5.32 Å². The number of fused-ring (bicyclic) bond motifs is 2. The maximum atomic E-state index is 13.5. The standard InChI is InChI=1S/C24H17FN4O2S/c1-14-20-23(27-13-29(24(20)31)12-15-5-4-7-17(25)9-15)32-21(14)22(30)28-18-10-16-6-2-3-8-19(16)26-11-18/h2-11,13H,12H2,1H3,(H,28,30). The van der Waals surface area contributed by atoms with E-state index in [1.54, 1.807) is 25.3 Å². The van der Waals surface area contributed by atoms with E-state index in [4.69, 9.17) is 0 Å². The number of rotatable bonds is 4. The zero-order chi connectivity index (χ0) is 22.2. The van der Waals surface area contributed by atoms with Crippen LogP contribution in [-0.2, 0) is 6.54 Å². The van der Waals surface area contributed by atoms with Gasteiger partial charge >= 0.3 is 0 Å². The maximum Gasteiger partial charge on any atom is 0.266 e. The van der Waals surface area contributed by atoms with E-state index in [9.17, 15) is 14.0 Å². The van der Waals surface area contributed by atoms with Crippen molar-refractivity contribution in [2.75, 3.05) is 5.32 Å². The molecule has 1 N–H and O–H groups in total. The van der Waals surface area contributed by atoms with E-state index in [1.807, 2.05) is 30.3 Å². The van der Waals surface area contributed by atoms with Crippen LogP contribution in [0, 0.1) is 12.7 Å². The van der Waals surface area contributed by atoms with E-state index >= 15 is 0 Å². The minimum absolute atomic E-state index is 0.194. The Morgan fingerprint density at radius 3 is 2.81 bits per heavy atom. The van der Waals surface area contributed by atoms with Crippen molar-refractivity contribution in [1.29, 1.82) is 0 Å². The number of halogens is 1. The Hall–Kier alpha value is -3.91. The molecule has 0 fully saturated rings. The number of aryl methyl sites for hydroxylation is 1. The van der Waals surface area contributed by atoms with Gasteiger partial charge in [0.2, 0.25) is 0 Å². The number of hydrogen-bond acceptors (Lipinski definition) is 5. The lowest BCUT2D eigenvalue weighted by Gasteiger charge is -2.06. The highest BCUT2D eigenvalue weighted by molar-refractivity contribution is 7.20. The first-order valence-corrected chi connectivity index (χ1v) is 10.7. The Morgan fingerprint density at radius 1 is 1.12 bits per heavy atom. The lowest BCUT2D eigenvalue weighted by atomic mass is 10.2. The molecule has 32 heavy (non-hydrogen) atoms. The van der Waals surface area contributed by atoms with Gasteiger partial charge in [0.25, 0.3) is 11.5 Å². The number of thiophene rings is 1. The van der Waals surface area contributed by atoms with Gasteiger partial charge in [-0.15, -0.1) is 11.3 Å². The van der Waals surface area contributed by atoms with Crippen LogP contribution in [-0.4, -0.2) is 20.4 Å². The zero-order valence-corrected chi connectivity index (χ0v) is 17.8. The third-order valence-electron chi connectivity index (χ3n) is 5.21. The minimum atomic E-state index is -0.363. The van der Waals surface area contributed by atoms with Crippen molar-refractivity contribution in [3.8, 4) is 0 Å². The second kappa shape index (κ2) is 7.97. The van der Waals surface area contributed by atoms with Crippen molar-refractivity contribution >= 4 is 44.1 Å². The van der Waals surface area contributed by atoms with Crippen molar-refractivity contribution in [3.05, 3.63) is 99.3 Å². The summed E-state index contributed by atoms with van der Waals surface area (Å²) < 4.78 is 14.9. The quantitative estimate of drug-likeness (QED) is 0.434. The molecule has 1 amide bonds. The Balaban J connectivity index is 1.47. The summed E-state index contributed by atoms with van der Waals surface area (Å²) in [6.07, 6.45) is 3.04. The van der Waals surface area contributed by atoms with Gasteiger partial charge in [-0.2, -0.15) is 0 Å². The van der Waals surface area contributed by atoms with Gasteiger partial charge in [0, 0.05) is 5.39 Å². The number of pyridine rings is 1. The molecule has 0 aliphatic rings. The van der Waals surface area contributed by atoms with E-state index < -0.39 is 0 Å². The summed E-state index contributed by atoms with van der Waals surface area (Å²) in [5.41, 5.74) is 2.37. The average Bonchev–Trinajstić information content (AvgIpc) is 3.13. The molecule has 5 rings (SSSR count). The van der Waals surface area contributed by atoms with Crippen LogP contribution in [0.25, 0.3) is 21.1 Å². The van der Waals surface area contributed by atoms with Crippen LogP contribution in [0.2, 0.25) is 0 Å². The Kier molecular flexibility index (Phi) is 4.99. The fraction of sp³-hybridized carbons (Fsp3) is 0.0833. The van der Waals surface area contributed by atoms with E-state index in [0.29, 0.717) is 31.9 Å². The number of nitrogens with one attached hydrogen (secondary N) is 1. The van der Waals surface area contributed by atoms with E-state index in [0.717, 1.165) is 10.9 Å². The monoisotopic (exact) mass is 444 g/mol. The molecule has 0 aliphatic carbocycles. The highest BCUT2D eigenvalue weighted by atomic mass is 32.1. The van der Waals surface area contributed by atoms with Crippen molar-refractivity contribution in [3.63, 3.8) is 0 Å². The van der Waals surface area contributed by atoms with Gasteiger partial charge in [0.1, 0.15) is 10.6 Å². The van der Waals surface area contributed by atoms with Crippen molar-refractivity contribution in [1.82, 2.24) is 14.5 Å². The molecule has 3 aromatic heterocycles. The van der Waals surface area contributed by atoms with Crippen LogP contribution in [0.4, 0.5) is 10.1 Å². The number of aromatic nitrogens is 3. The lowest BCUT2D eigenvalue weighted by Crippen LogP contribution is -2.21. The highest BCUT2D eigenvalue weighted by Gasteiger charge is 2.20. The third kappa shape index (κ3) is 3.65. The fourth-order valence-corrected chi connectivity index (χ4v) is 4.68. The van der Waals surface area contributed by atoms with Crippen LogP contribution in [0.5, 0.6) is 0 Å². The molecule has 158 valence electrons. The third-order valence-corrected chi connectivity index (χ3v) is 6.41. The van der Waals surface area contributed by atoms with E-state index in [1.165, 1.54) is 34.4 Å². The molecule has 0 unspecified atom stereocenters. The van der Waals surface area contributed by atoms with E-state index in [2.05, 4.69) is 15.3 Å². The van der Waals surface area contributed by atoms with Gasteiger partial charge in [-0.05, 0) is 42.3 Å². The van der Waals surface area contributed by atoms with Gasteiger partial charge in [0.05, 0.1) is 40.5 Å². The first-order chi connectivity index (χ1) is 15.5. The summed E-state index contributed by atoms with van der Waals surface area (Å²) in [6, 6.07) is 15.6. The number of carbonyl (C=O) groups excluding carboxylic acids is 1. The Morgan fingerprint density at radius 2 is 1.97 bits per heavy atom. The molecule has 8 heteroatoms. The second-order valence-corrected chi connectivity index (χ2v) is 8.41. The first kappa shape index (κ1) is 20.0. The van der Waals surface area contributed by atoms with Crippen molar-refractivity contribution in [2.45, 2.75) is 13.5 Å². The molecule has 0 spiro atoms. The zero-order valence-electron chi connectivity index (χ0n) is 17.0. The van der Waals surface area contributed by atoms with Crippen LogP contribution in [0.1, 0.15) is 20.8 Å². The summed E-state index contributed by atoms with van der Waals surface area (Å²) in [5.74, 6) is -0.683. The Bertz CT molecular complexity index is 1560. The fourth-order valence-electron chi connectivity index (χ4n) is 3.65. The van der Waals surface area contributed by atoms with Crippen molar-refractivity contribution in [2.24, 2.45) is 0 Å². The molecule has 0 radical (unpaired) electrons. The van der Waals surface area contributed by atoms with Crippen LogP contribution >= 0.6 is 11.3 Å². The number of carbonyl (C=O) groups is 1. The molecule has 0 saturated carbocycles. The van der Waals surface area contributed by atoms with Gasteiger partial charge in [0.15, 0.2) is 0 Å². The normalized spacial score (nSPS) is 11.2. The largest absolute Gasteiger partial charge is 0.320 e. The molecule has 3 heterocycles. The molecule has 0 saturated heterocycles. The molecule has 0 bridgehead atoms. The predicted octanol–water partition coefficient (Wildman–Crippen LogP) is 4.75. The summed E-state index contributed by atoms with van der Waals surface area (Å²) in [7, 11) is 0. The van der Waals surface area contributed by atoms with Gasteiger partial charge in [-0.1, -0.05) is 30.3 Å². The number of nitrogens with zero attached hydrogens (tertiary/aromatic N) is 3. The number of para-hydroxylation sites is 1. The minimum Gasteiger partial charge on any atom is -0.320 e. The van der Waals surface area contributed by atoms with Crippen LogP contribution < -0.4 is 10.9 Å². The predicted molar refractivity (Wildman–Crippen MR) is 124 cm³/mol. The molecule has 0 atom stereocenters. The maximum absolute atomic E-state index is 13.5. The topological polar surface area (TPSA) is 76.9 Å². The van der Waals surface area contributed by atoms with Crippen molar-refractivity contribution < 1.29 is 9.18 Å². The molecular weight excluding hydrogens is 427 g/mol. The average molecular weight is 444 g/mol. The summed E-state index contributed by atoms with van der Waals surface area (Å²) in [4.78, 5) is 35.7.